The summed E-state index contributed by atoms with van der Waals surface area (Å²) >= 11 is 0. The maximum Gasteiger partial charge on any atom is 0.407 e. The van der Waals surface area contributed by atoms with Crippen LogP contribution in [0.3, 0.4) is 0 Å². The summed E-state index contributed by atoms with van der Waals surface area (Å²) in [4.78, 5) is 36.1. The third-order valence-corrected chi connectivity index (χ3v) is 6.16. The Morgan fingerprint density at radius 1 is 1.06 bits per heavy atom. The Labute approximate surface area is 189 Å². The third-order valence-electron chi connectivity index (χ3n) is 6.16. The van der Waals surface area contributed by atoms with Crippen molar-refractivity contribution in [2.75, 3.05) is 6.61 Å². The molecule has 1 saturated carbocycles. The lowest BCUT2D eigenvalue weighted by atomic mass is 9.98. The Kier molecular flexibility index (Phi) is 6.31. The van der Waals surface area contributed by atoms with E-state index in [1.807, 2.05) is 48.5 Å². The molecule has 0 bridgehead atoms. The van der Waals surface area contributed by atoms with Gasteiger partial charge in [-0.15, -0.1) is 0 Å². The zero-order valence-electron chi connectivity index (χ0n) is 17.7. The maximum atomic E-state index is 13.9. The Morgan fingerprint density at radius 2 is 1.67 bits per heavy atom. The summed E-state index contributed by atoms with van der Waals surface area (Å²) in [7, 11) is 0. The number of carboxylic acids is 1. The molecule has 1 fully saturated rings. The van der Waals surface area contributed by atoms with Gasteiger partial charge in [0.1, 0.15) is 12.6 Å². The molecule has 0 heterocycles. The highest BCUT2D eigenvalue weighted by Crippen LogP contribution is 2.44. The first-order chi connectivity index (χ1) is 15.8. The molecule has 9 heteroatoms. The van der Waals surface area contributed by atoms with E-state index in [1.54, 1.807) is 0 Å². The number of alkyl carbamates (subject to hydrolysis) is 1. The number of carbonyl (C=O) groups is 3. The standard InChI is InChI=1S/C24H24F2N2O5/c25-24(26)11-5-10-20(24)28-22(31)19(12-21(29)30)27-23(32)33-13-18-16-8-3-1-6-14(16)15-7-2-4-9-17(15)18/h1-4,6-9,18-20H,5,10-13H2,(H,27,32)(H,28,31)(H,29,30). The first-order valence-corrected chi connectivity index (χ1v) is 10.8. The predicted molar refractivity (Wildman–Crippen MR) is 115 cm³/mol. The number of carboxylic acid groups (broad SMARTS) is 1. The molecule has 2 aliphatic carbocycles. The van der Waals surface area contributed by atoms with Crippen LogP contribution in [0, 0.1) is 0 Å². The summed E-state index contributed by atoms with van der Waals surface area (Å²) in [5.74, 6) is -5.61. The molecule has 2 aromatic rings. The molecule has 7 nitrogen and oxygen atoms in total. The van der Waals surface area contributed by atoms with Gasteiger partial charge in [0.15, 0.2) is 0 Å². The fourth-order valence-corrected chi connectivity index (χ4v) is 4.54. The highest BCUT2D eigenvalue weighted by molar-refractivity contribution is 5.89. The molecule has 2 aliphatic rings. The van der Waals surface area contributed by atoms with Gasteiger partial charge in [0.05, 0.1) is 12.5 Å². The molecule has 2 amide bonds. The molecule has 4 rings (SSSR count). The van der Waals surface area contributed by atoms with Gasteiger partial charge >= 0.3 is 12.1 Å². The smallest absolute Gasteiger partial charge is 0.407 e. The van der Waals surface area contributed by atoms with E-state index in [0.29, 0.717) is 0 Å². The minimum absolute atomic E-state index is 0.0258. The Bertz CT molecular complexity index is 1030. The molecule has 0 spiro atoms. The average Bonchev–Trinajstić information content (AvgIpc) is 3.28. The number of aliphatic carboxylic acids is 1. The summed E-state index contributed by atoms with van der Waals surface area (Å²) in [5, 5.41) is 13.5. The Hall–Kier alpha value is -3.49. The highest BCUT2D eigenvalue weighted by Gasteiger charge is 2.45. The van der Waals surface area contributed by atoms with E-state index < -0.39 is 42.4 Å². The lowest BCUT2D eigenvalue weighted by Crippen LogP contribution is -2.53. The largest absolute Gasteiger partial charge is 0.481 e. The summed E-state index contributed by atoms with van der Waals surface area (Å²) in [6, 6.07) is 12.6. The van der Waals surface area contributed by atoms with Gasteiger partial charge in [0, 0.05) is 12.3 Å². The number of halogens is 2. The molecular formula is C24H24F2N2O5. The Morgan fingerprint density at radius 3 is 2.21 bits per heavy atom. The van der Waals surface area contributed by atoms with E-state index in [4.69, 9.17) is 9.84 Å². The monoisotopic (exact) mass is 458 g/mol. The number of nitrogens with one attached hydrogen (secondary N) is 2. The fraction of sp³-hybridized carbons (Fsp3) is 0.375. The van der Waals surface area contributed by atoms with Crippen molar-refractivity contribution in [2.45, 2.75) is 49.6 Å². The van der Waals surface area contributed by atoms with Crippen molar-refractivity contribution in [1.29, 1.82) is 0 Å². The summed E-state index contributed by atoms with van der Waals surface area (Å²) in [5.41, 5.74) is 4.08. The molecule has 2 atom stereocenters. The van der Waals surface area contributed by atoms with E-state index in [2.05, 4.69) is 10.6 Å². The second-order valence-electron chi connectivity index (χ2n) is 8.33. The van der Waals surface area contributed by atoms with Gasteiger partial charge in [-0.2, -0.15) is 0 Å². The number of hydrogen-bond acceptors (Lipinski definition) is 4. The topological polar surface area (TPSA) is 105 Å². The highest BCUT2D eigenvalue weighted by atomic mass is 19.3. The summed E-state index contributed by atoms with van der Waals surface area (Å²) in [6.45, 7) is -0.0258. The van der Waals surface area contributed by atoms with Gasteiger partial charge in [0.2, 0.25) is 5.91 Å². The minimum atomic E-state index is -3.06. The number of hydrogen-bond donors (Lipinski definition) is 3. The zero-order valence-corrected chi connectivity index (χ0v) is 17.7. The average molecular weight is 458 g/mol. The van der Waals surface area contributed by atoms with Gasteiger partial charge in [-0.05, 0) is 35.1 Å². The number of carbonyl (C=O) groups excluding carboxylic acids is 2. The number of benzene rings is 2. The first-order valence-electron chi connectivity index (χ1n) is 10.8. The van der Waals surface area contributed by atoms with Crippen LogP contribution in [0.5, 0.6) is 0 Å². The summed E-state index contributed by atoms with van der Waals surface area (Å²) < 4.78 is 33.0. The molecule has 0 aliphatic heterocycles. The van der Waals surface area contributed by atoms with Crippen LogP contribution in [-0.2, 0) is 14.3 Å². The predicted octanol–water partition coefficient (Wildman–Crippen LogP) is 3.67. The first kappa shape index (κ1) is 22.7. The number of amides is 2. The van der Waals surface area contributed by atoms with E-state index >= 15 is 0 Å². The van der Waals surface area contributed by atoms with Crippen LogP contribution in [0.2, 0.25) is 0 Å². The van der Waals surface area contributed by atoms with Gasteiger partial charge in [0.25, 0.3) is 5.92 Å². The minimum Gasteiger partial charge on any atom is -0.481 e. The van der Waals surface area contributed by atoms with Crippen LogP contribution in [0.25, 0.3) is 11.1 Å². The van der Waals surface area contributed by atoms with Crippen LogP contribution in [0.15, 0.2) is 48.5 Å². The van der Waals surface area contributed by atoms with Crippen molar-refractivity contribution >= 4 is 18.0 Å². The molecular weight excluding hydrogens is 434 g/mol. The molecule has 174 valence electrons. The second kappa shape index (κ2) is 9.17. The number of alkyl halides is 2. The van der Waals surface area contributed by atoms with Crippen molar-refractivity contribution < 1.29 is 33.0 Å². The molecule has 33 heavy (non-hydrogen) atoms. The molecule has 0 aromatic heterocycles. The van der Waals surface area contributed by atoms with Crippen molar-refractivity contribution in [2.24, 2.45) is 0 Å². The van der Waals surface area contributed by atoms with E-state index in [-0.39, 0.29) is 31.8 Å². The Balaban J connectivity index is 1.41. The number of rotatable bonds is 7. The third kappa shape index (κ3) is 4.81. The molecule has 2 aromatic carbocycles. The molecule has 0 saturated heterocycles. The van der Waals surface area contributed by atoms with Crippen molar-refractivity contribution in [1.82, 2.24) is 10.6 Å². The van der Waals surface area contributed by atoms with Crippen LogP contribution in [-0.4, -0.2) is 47.7 Å². The van der Waals surface area contributed by atoms with Gasteiger partial charge < -0.3 is 20.5 Å². The summed E-state index contributed by atoms with van der Waals surface area (Å²) in [6.07, 6.45) is -1.75. The van der Waals surface area contributed by atoms with Crippen molar-refractivity contribution in [3.05, 3.63) is 59.7 Å². The second-order valence-corrected chi connectivity index (χ2v) is 8.33. The van der Waals surface area contributed by atoms with Crippen LogP contribution in [0.4, 0.5) is 13.6 Å². The molecule has 2 unspecified atom stereocenters. The van der Waals surface area contributed by atoms with E-state index in [1.165, 1.54) is 0 Å². The SMILES string of the molecule is O=C(O)CC(NC(=O)OCC1c2ccccc2-c2ccccc21)C(=O)NC1CCCC1(F)F. The van der Waals surface area contributed by atoms with Crippen LogP contribution < -0.4 is 10.6 Å². The van der Waals surface area contributed by atoms with Gasteiger partial charge in [-0.25, -0.2) is 13.6 Å². The fourth-order valence-electron chi connectivity index (χ4n) is 4.54. The lowest BCUT2D eigenvalue weighted by molar-refractivity contribution is -0.140. The van der Waals surface area contributed by atoms with Crippen LogP contribution in [0.1, 0.15) is 42.7 Å². The van der Waals surface area contributed by atoms with Crippen LogP contribution >= 0.6 is 0 Å². The molecule has 3 N–H and O–H groups in total. The van der Waals surface area contributed by atoms with Gasteiger partial charge in [-0.3, -0.25) is 9.59 Å². The van der Waals surface area contributed by atoms with Crippen molar-refractivity contribution in [3.8, 4) is 11.1 Å². The van der Waals surface area contributed by atoms with E-state index in [0.717, 1.165) is 22.3 Å². The number of ether oxygens (including phenoxy) is 1. The van der Waals surface area contributed by atoms with E-state index in [9.17, 15) is 23.2 Å². The maximum absolute atomic E-state index is 13.9. The quantitative estimate of drug-likeness (QED) is 0.587. The van der Waals surface area contributed by atoms with Crippen molar-refractivity contribution in [3.63, 3.8) is 0 Å². The van der Waals surface area contributed by atoms with Gasteiger partial charge in [-0.1, -0.05) is 48.5 Å². The lowest BCUT2D eigenvalue weighted by Gasteiger charge is -2.24. The molecule has 0 radical (unpaired) electrons. The zero-order chi connectivity index (χ0) is 23.6. The normalized spacial score (nSPS) is 19.3. The number of fused-ring (bicyclic) bond motifs is 3.